The molecule has 5 heteroatoms. The van der Waals surface area contributed by atoms with Crippen molar-refractivity contribution in [3.05, 3.63) is 24.0 Å². The normalized spacial score (nSPS) is 12.2. The second-order valence-corrected chi connectivity index (χ2v) is 5.32. The molecule has 0 radical (unpaired) electrons. The third-order valence-electron chi connectivity index (χ3n) is 2.96. The van der Waals surface area contributed by atoms with Crippen LogP contribution in [0, 0.1) is 0 Å². The van der Waals surface area contributed by atoms with Crippen molar-refractivity contribution in [2.24, 2.45) is 0 Å². The summed E-state index contributed by atoms with van der Waals surface area (Å²) in [4.78, 5) is 18.4. The molecule has 0 aromatic carbocycles. The Balaban J connectivity index is 2.54. The van der Waals surface area contributed by atoms with E-state index in [0.29, 0.717) is 5.69 Å². The monoisotopic (exact) mass is 278 g/mol. The summed E-state index contributed by atoms with van der Waals surface area (Å²) >= 11 is 0. The van der Waals surface area contributed by atoms with Gasteiger partial charge in [0.15, 0.2) is 0 Å². The molecule has 5 nitrogen and oxygen atoms in total. The highest BCUT2D eigenvalue weighted by Crippen LogP contribution is 2.08. The molecule has 0 aliphatic rings. The molecule has 1 unspecified atom stereocenters. The number of hydrogen-bond donors (Lipinski definition) is 2. The molecule has 0 fully saturated rings. The number of anilines is 1. The molecule has 0 aliphatic heterocycles. The van der Waals surface area contributed by atoms with Gasteiger partial charge in [0, 0.05) is 24.5 Å². The third-order valence-corrected chi connectivity index (χ3v) is 2.96. The Bertz CT molecular complexity index is 420. The van der Waals surface area contributed by atoms with Crippen LogP contribution in [0.5, 0.6) is 0 Å². The number of rotatable bonds is 8. The number of pyridine rings is 1. The summed E-state index contributed by atoms with van der Waals surface area (Å²) < 4.78 is 0. The van der Waals surface area contributed by atoms with Gasteiger partial charge in [0.25, 0.3) is 5.91 Å². The zero-order valence-electron chi connectivity index (χ0n) is 12.9. The van der Waals surface area contributed by atoms with E-state index in [9.17, 15) is 4.79 Å². The Labute approximate surface area is 121 Å². The fourth-order valence-corrected chi connectivity index (χ4v) is 1.76. The number of carbonyl (C=O) groups excluding carboxylic acids is 1. The summed E-state index contributed by atoms with van der Waals surface area (Å²) in [6, 6.07) is 3.81. The molecule has 112 valence electrons. The summed E-state index contributed by atoms with van der Waals surface area (Å²) in [5.74, 6) is -0.114. The lowest BCUT2D eigenvalue weighted by molar-refractivity contribution is 0.0932. The summed E-state index contributed by atoms with van der Waals surface area (Å²) in [7, 11) is 4.05. The lowest BCUT2D eigenvalue weighted by Crippen LogP contribution is -2.35. The molecule has 1 atom stereocenters. The number of nitrogens with one attached hydrogen (secondary N) is 2. The highest BCUT2D eigenvalue weighted by molar-refractivity contribution is 5.93. The van der Waals surface area contributed by atoms with Gasteiger partial charge in [0.1, 0.15) is 5.69 Å². The van der Waals surface area contributed by atoms with Crippen LogP contribution < -0.4 is 10.6 Å². The SMILES string of the molecule is CCCNc1ccnc(C(=O)NC(C)CCN(C)C)c1. The first-order valence-corrected chi connectivity index (χ1v) is 7.18. The van der Waals surface area contributed by atoms with E-state index in [2.05, 4.69) is 27.4 Å². The van der Waals surface area contributed by atoms with Crippen molar-refractivity contribution in [3.63, 3.8) is 0 Å². The van der Waals surface area contributed by atoms with Crippen LogP contribution in [0.2, 0.25) is 0 Å². The molecule has 1 amide bonds. The van der Waals surface area contributed by atoms with E-state index in [4.69, 9.17) is 0 Å². The van der Waals surface area contributed by atoms with Crippen LogP contribution in [0.3, 0.4) is 0 Å². The fourth-order valence-electron chi connectivity index (χ4n) is 1.76. The van der Waals surface area contributed by atoms with Gasteiger partial charge in [-0.25, -0.2) is 0 Å². The van der Waals surface area contributed by atoms with Gasteiger partial charge in [-0.1, -0.05) is 6.92 Å². The van der Waals surface area contributed by atoms with E-state index >= 15 is 0 Å². The average molecular weight is 278 g/mol. The van der Waals surface area contributed by atoms with Crippen molar-refractivity contribution in [1.82, 2.24) is 15.2 Å². The zero-order chi connectivity index (χ0) is 15.0. The number of aromatic nitrogens is 1. The smallest absolute Gasteiger partial charge is 0.270 e. The molecule has 1 heterocycles. The lowest BCUT2D eigenvalue weighted by atomic mass is 10.2. The molecular formula is C15H26N4O. The quantitative estimate of drug-likeness (QED) is 0.763. The maximum atomic E-state index is 12.1. The Morgan fingerprint density at radius 2 is 2.20 bits per heavy atom. The predicted octanol–water partition coefficient (Wildman–Crippen LogP) is 1.97. The van der Waals surface area contributed by atoms with Gasteiger partial charge in [0.05, 0.1) is 0 Å². The van der Waals surface area contributed by atoms with E-state index in [1.807, 2.05) is 27.1 Å². The minimum Gasteiger partial charge on any atom is -0.385 e. The summed E-state index contributed by atoms with van der Waals surface area (Å²) in [5.41, 5.74) is 1.40. The van der Waals surface area contributed by atoms with Crippen molar-refractivity contribution in [1.29, 1.82) is 0 Å². The highest BCUT2D eigenvalue weighted by Gasteiger charge is 2.11. The Kier molecular flexibility index (Phi) is 7.01. The molecule has 0 aliphatic carbocycles. The largest absolute Gasteiger partial charge is 0.385 e. The van der Waals surface area contributed by atoms with Crippen molar-refractivity contribution in [2.75, 3.05) is 32.5 Å². The molecule has 0 spiro atoms. The van der Waals surface area contributed by atoms with Crippen LogP contribution in [-0.2, 0) is 0 Å². The van der Waals surface area contributed by atoms with Crippen LogP contribution in [0.1, 0.15) is 37.2 Å². The van der Waals surface area contributed by atoms with Crippen LogP contribution in [0.25, 0.3) is 0 Å². The maximum absolute atomic E-state index is 12.1. The van der Waals surface area contributed by atoms with Gasteiger partial charge in [-0.2, -0.15) is 0 Å². The van der Waals surface area contributed by atoms with Crippen LogP contribution >= 0.6 is 0 Å². The third kappa shape index (κ3) is 6.02. The maximum Gasteiger partial charge on any atom is 0.270 e. The van der Waals surface area contributed by atoms with E-state index < -0.39 is 0 Å². The summed E-state index contributed by atoms with van der Waals surface area (Å²) in [5, 5.41) is 6.24. The first-order valence-electron chi connectivity index (χ1n) is 7.18. The molecule has 0 saturated heterocycles. The van der Waals surface area contributed by atoms with Gasteiger partial charge in [-0.15, -0.1) is 0 Å². The van der Waals surface area contributed by atoms with Crippen molar-refractivity contribution < 1.29 is 4.79 Å². The van der Waals surface area contributed by atoms with Crippen LogP contribution in [0.4, 0.5) is 5.69 Å². The van der Waals surface area contributed by atoms with Gasteiger partial charge < -0.3 is 15.5 Å². The van der Waals surface area contributed by atoms with E-state index in [1.54, 1.807) is 12.3 Å². The van der Waals surface area contributed by atoms with E-state index in [-0.39, 0.29) is 11.9 Å². The Hall–Kier alpha value is -1.62. The molecule has 20 heavy (non-hydrogen) atoms. The Morgan fingerprint density at radius 1 is 1.45 bits per heavy atom. The minimum atomic E-state index is -0.114. The first kappa shape index (κ1) is 16.4. The van der Waals surface area contributed by atoms with Gasteiger partial charge in [0.2, 0.25) is 0 Å². The number of amides is 1. The van der Waals surface area contributed by atoms with Crippen molar-refractivity contribution >= 4 is 11.6 Å². The topological polar surface area (TPSA) is 57.3 Å². The van der Waals surface area contributed by atoms with Gasteiger partial charge >= 0.3 is 0 Å². The highest BCUT2D eigenvalue weighted by atomic mass is 16.1. The molecule has 1 rings (SSSR count). The first-order chi connectivity index (χ1) is 9.52. The molecule has 2 N–H and O–H groups in total. The molecule has 1 aromatic heterocycles. The number of hydrogen-bond acceptors (Lipinski definition) is 4. The summed E-state index contributed by atoms with van der Waals surface area (Å²) in [6.07, 6.45) is 3.63. The second kappa shape index (κ2) is 8.53. The molecule has 0 bridgehead atoms. The van der Waals surface area contributed by atoms with Crippen molar-refractivity contribution in [3.8, 4) is 0 Å². The predicted molar refractivity (Wildman–Crippen MR) is 83.1 cm³/mol. The summed E-state index contributed by atoms with van der Waals surface area (Å²) in [6.45, 7) is 5.96. The second-order valence-electron chi connectivity index (χ2n) is 5.32. The van der Waals surface area contributed by atoms with Gasteiger partial charge in [-0.05, 0) is 52.5 Å². The lowest BCUT2D eigenvalue weighted by Gasteiger charge is -2.16. The minimum absolute atomic E-state index is 0.114. The standard InChI is InChI=1S/C15H26N4O/c1-5-8-16-13-6-9-17-14(11-13)15(20)18-12(2)7-10-19(3)4/h6,9,11-12H,5,7-8,10H2,1-4H3,(H,16,17)(H,18,20). The van der Waals surface area contributed by atoms with E-state index in [0.717, 1.165) is 31.6 Å². The van der Waals surface area contributed by atoms with E-state index in [1.165, 1.54) is 0 Å². The number of carbonyl (C=O) groups is 1. The molecule has 1 aromatic rings. The van der Waals surface area contributed by atoms with Gasteiger partial charge in [-0.3, -0.25) is 9.78 Å². The Morgan fingerprint density at radius 3 is 2.85 bits per heavy atom. The zero-order valence-corrected chi connectivity index (χ0v) is 12.9. The van der Waals surface area contributed by atoms with Crippen molar-refractivity contribution in [2.45, 2.75) is 32.7 Å². The molecular weight excluding hydrogens is 252 g/mol. The van der Waals surface area contributed by atoms with Crippen LogP contribution in [-0.4, -0.2) is 49.0 Å². The molecule has 0 saturated carbocycles. The number of nitrogens with zero attached hydrogens (tertiary/aromatic N) is 2. The average Bonchev–Trinajstić information content (AvgIpc) is 2.43. The fraction of sp³-hybridized carbons (Fsp3) is 0.600. The van der Waals surface area contributed by atoms with Crippen LogP contribution in [0.15, 0.2) is 18.3 Å².